The Morgan fingerprint density at radius 3 is 2.68 bits per heavy atom. The number of nitrogens with one attached hydrogen (secondary N) is 1. The summed E-state index contributed by atoms with van der Waals surface area (Å²) in [5.74, 6) is -0.400. The molecule has 1 heterocycles. The first-order chi connectivity index (χ1) is 9.13. The molecule has 0 spiro atoms. The number of halogens is 2. The number of ether oxygens (including phenoxy) is 1. The van der Waals surface area contributed by atoms with Gasteiger partial charge in [-0.05, 0) is 25.9 Å². The zero-order valence-corrected chi connectivity index (χ0v) is 11.0. The molecule has 19 heavy (non-hydrogen) atoms. The van der Waals surface area contributed by atoms with Gasteiger partial charge in [0.1, 0.15) is 0 Å². The number of hydrogen-bond acceptors (Lipinski definition) is 4. The van der Waals surface area contributed by atoms with Gasteiger partial charge in [0.15, 0.2) is 0 Å². The largest absolute Gasteiger partial charge is 0.395 e. The molecule has 0 bridgehead atoms. The van der Waals surface area contributed by atoms with Crippen molar-refractivity contribution in [1.82, 2.24) is 10.2 Å². The normalized spacial score (nSPS) is 16.8. The number of nitrogens with zero attached hydrogens (tertiary/aromatic N) is 1. The number of carbonyl (C=O) groups is 1. The summed E-state index contributed by atoms with van der Waals surface area (Å²) < 4.78 is 30.1. The van der Waals surface area contributed by atoms with Gasteiger partial charge < -0.3 is 20.1 Å². The Morgan fingerprint density at radius 1 is 1.42 bits per heavy atom. The SMILES string of the molecule is O=C(CCOC1CCNCC1)N(CCO)CC(F)F. The summed E-state index contributed by atoms with van der Waals surface area (Å²) in [6.45, 7) is 1.05. The summed E-state index contributed by atoms with van der Waals surface area (Å²) in [6, 6.07) is 0. The molecule has 1 fully saturated rings. The van der Waals surface area contributed by atoms with Gasteiger partial charge in [-0.15, -0.1) is 0 Å². The number of carbonyl (C=O) groups excluding carboxylic acids is 1. The first kappa shape index (κ1) is 16.3. The van der Waals surface area contributed by atoms with E-state index in [1.807, 2.05) is 0 Å². The van der Waals surface area contributed by atoms with Crippen LogP contribution < -0.4 is 5.32 Å². The molecule has 1 saturated heterocycles. The Labute approximate surface area is 111 Å². The summed E-state index contributed by atoms with van der Waals surface area (Å²) in [5, 5.41) is 12.0. The van der Waals surface area contributed by atoms with Gasteiger partial charge in [-0.3, -0.25) is 4.79 Å². The third kappa shape index (κ3) is 6.79. The van der Waals surface area contributed by atoms with E-state index in [0.29, 0.717) is 0 Å². The highest BCUT2D eigenvalue weighted by molar-refractivity contribution is 5.76. The molecule has 0 saturated carbocycles. The van der Waals surface area contributed by atoms with Gasteiger partial charge >= 0.3 is 0 Å². The summed E-state index contributed by atoms with van der Waals surface area (Å²) in [6.07, 6.45) is -0.537. The number of aliphatic hydroxyl groups is 1. The van der Waals surface area contributed by atoms with Gasteiger partial charge in [-0.2, -0.15) is 0 Å². The van der Waals surface area contributed by atoms with E-state index in [1.165, 1.54) is 0 Å². The molecular formula is C12H22F2N2O3. The fourth-order valence-electron chi connectivity index (χ4n) is 2.04. The van der Waals surface area contributed by atoms with Crippen molar-refractivity contribution in [1.29, 1.82) is 0 Å². The van der Waals surface area contributed by atoms with Gasteiger partial charge in [-0.1, -0.05) is 0 Å². The first-order valence-corrected chi connectivity index (χ1v) is 6.62. The molecule has 1 amide bonds. The fourth-order valence-corrected chi connectivity index (χ4v) is 2.04. The molecule has 1 aliphatic rings. The lowest BCUT2D eigenvalue weighted by molar-refractivity contribution is -0.135. The zero-order chi connectivity index (χ0) is 14.1. The van der Waals surface area contributed by atoms with Gasteiger partial charge in [0.25, 0.3) is 6.43 Å². The third-order valence-corrected chi connectivity index (χ3v) is 3.04. The molecular weight excluding hydrogens is 258 g/mol. The Hall–Kier alpha value is -0.790. The second kappa shape index (κ2) is 9.17. The summed E-state index contributed by atoms with van der Waals surface area (Å²) in [7, 11) is 0. The third-order valence-electron chi connectivity index (χ3n) is 3.04. The van der Waals surface area contributed by atoms with Gasteiger partial charge in [0, 0.05) is 6.54 Å². The maximum absolute atomic E-state index is 12.3. The summed E-state index contributed by atoms with van der Waals surface area (Å²) in [4.78, 5) is 12.7. The van der Waals surface area contributed by atoms with E-state index in [9.17, 15) is 13.6 Å². The van der Waals surface area contributed by atoms with Crippen molar-refractivity contribution in [3.63, 3.8) is 0 Å². The number of amides is 1. The van der Waals surface area contributed by atoms with Crippen LogP contribution in [0.2, 0.25) is 0 Å². The van der Waals surface area contributed by atoms with Crippen LogP contribution in [0.15, 0.2) is 0 Å². The fraction of sp³-hybridized carbons (Fsp3) is 0.917. The minimum absolute atomic E-state index is 0.0590. The predicted molar refractivity (Wildman–Crippen MR) is 66.1 cm³/mol. The summed E-state index contributed by atoms with van der Waals surface area (Å²) >= 11 is 0. The Kier molecular flexibility index (Phi) is 7.85. The van der Waals surface area contributed by atoms with Crippen LogP contribution in [0.25, 0.3) is 0 Å². The molecule has 0 aliphatic carbocycles. The van der Waals surface area contributed by atoms with Crippen LogP contribution in [0.3, 0.4) is 0 Å². The van der Waals surface area contributed by atoms with Crippen LogP contribution in [0.5, 0.6) is 0 Å². The number of hydrogen-bond donors (Lipinski definition) is 2. The lowest BCUT2D eigenvalue weighted by atomic mass is 10.1. The molecule has 7 heteroatoms. The molecule has 0 unspecified atom stereocenters. The zero-order valence-electron chi connectivity index (χ0n) is 11.0. The second-order valence-corrected chi connectivity index (χ2v) is 4.52. The standard InChI is InChI=1S/C12H22F2N2O3/c13-11(14)9-16(6-7-17)12(18)3-8-19-10-1-4-15-5-2-10/h10-11,15,17H,1-9H2. The van der Waals surface area contributed by atoms with E-state index in [4.69, 9.17) is 9.84 Å². The van der Waals surface area contributed by atoms with E-state index in [2.05, 4.69) is 5.32 Å². The smallest absolute Gasteiger partial charge is 0.255 e. The minimum atomic E-state index is -2.58. The Bertz CT molecular complexity index is 261. The van der Waals surface area contributed by atoms with Crippen LogP contribution >= 0.6 is 0 Å². The Morgan fingerprint density at radius 2 is 2.11 bits per heavy atom. The molecule has 112 valence electrons. The van der Waals surface area contributed by atoms with E-state index in [1.54, 1.807) is 0 Å². The number of alkyl halides is 2. The van der Waals surface area contributed by atoms with Crippen molar-refractivity contribution in [3.05, 3.63) is 0 Å². The summed E-state index contributed by atoms with van der Waals surface area (Å²) in [5.41, 5.74) is 0. The maximum atomic E-state index is 12.3. The van der Waals surface area contributed by atoms with Crippen molar-refractivity contribution < 1.29 is 23.4 Å². The van der Waals surface area contributed by atoms with E-state index < -0.39 is 18.9 Å². The van der Waals surface area contributed by atoms with Gasteiger partial charge in [-0.25, -0.2) is 8.78 Å². The average molecular weight is 280 g/mol. The molecule has 1 aliphatic heterocycles. The highest BCUT2D eigenvalue weighted by Crippen LogP contribution is 2.08. The van der Waals surface area contributed by atoms with Crippen LogP contribution in [0.1, 0.15) is 19.3 Å². The van der Waals surface area contributed by atoms with Crippen molar-refractivity contribution >= 4 is 5.91 Å². The Balaban J connectivity index is 2.22. The van der Waals surface area contributed by atoms with Crippen LogP contribution in [0.4, 0.5) is 8.78 Å². The van der Waals surface area contributed by atoms with Crippen LogP contribution in [-0.2, 0) is 9.53 Å². The lowest BCUT2D eigenvalue weighted by Crippen LogP contribution is -2.38. The van der Waals surface area contributed by atoms with Crippen molar-refractivity contribution in [2.24, 2.45) is 0 Å². The highest BCUT2D eigenvalue weighted by atomic mass is 19.3. The second-order valence-electron chi connectivity index (χ2n) is 4.52. The monoisotopic (exact) mass is 280 g/mol. The topological polar surface area (TPSA) is 61.8 Å². The maximum Gasteiger partial charge on any atom is 0.255 e. The van der Waals surface area contributed by atoms with Crippen molar-refractivity contribution in [2.75, 3.05) is 39.4 Å². The molecule has 0 aromatic rings. The predicted octanol–water partition coefficient (Wildman–Crippen LogP) is 0.231. The van der Waals surface area contributed by atoms with Crippen LogP contribution in [0, 0.1) is 0 Å². The molecule has 0 aromatic heterocycles. The first-order valence-electron chi connectivity index (χ1n) is 6.62. The average Bonchev–Trinajstić information content (AvgIpc) is 2.39. The van der Waals surface area contributed by atoms with Gasteiger partial charge in [0.05, 0.1) is 32.3 Å². The minimum Gasteiger partial charge on any atom is -0.395 e. The molecule has 0 atom stereocenters. The van der Waals surface area contributed by atoms with Crippen molar-refractivity contribution in [2.45, 2.75) is 31.8 Å². The van der Waals surface area contributed by atoms with E-state index >= 15 is 0 Å². The van der Waals surface area contributed by atoms with Crippen molar-refractivity contribution in [3.8, 4) is 0 Å². The molecule has 5 nitrogen and oxygen atoms in total. The quantitative estimate of drug-likeness (QED) is 0.668. The highest BCUT2D eigenvalue weighted by Gasteiger charge is 2.19. The van der Waals surface area contributed by atoms with E-state index in [-0.39, 0.29) is 32.3 Å². The molecule has 0 aromatic carbocycles. The van der Waals surface area contributed by atoms with Crippen LogP contribution in [-0.4, -0.2) is 67.8 Å². The van der Waals surface area contributed by atoms with E-state index in [0.717, 1.165) is 30.8 Å². The van der Waals surface area contributed by atoms with Gasteiger partial charge in [0.2, 0.25) is 5.91 Å². The number of aliphatic hydroxyl groups excluding tert-OH is 1. The number of rotatable bonds is 8. The lowest BCUT2D eigenvalue weighted by Gasteiger charge is -2.24. The molecule has 2 N–H and O–H groups in total. The number of piperidine rings is 1. The molecule has 0 radical (unpaired) electrons. The molecule has 1 rings (SSSR count).